The largest absolute Gasteiger partial charge is 0.466 e. The molecule has 0 aliphatic heterocycles. The molecule has 0 aromatic rings. The molecule has 0 aromatic carbocycles. The Labute approximate surface area is 115 Å². The van der Waals surface area contributed by atoms with Crippen LogP contribution in [0.3, 0.4) is 0 Å². The summed E-state index contributed by atoms with van der Waals surface area (Å²) >= 11 is 0. The van der Waals surface area contributed by atoms with Crippen LogP contribution in [-0.4, -0.2) is 30.3 Å². The highest BCUT2D eigenvalue weighted by atomic mass is 16.6. The van der Waals surface area contributed by atoms with E-state index in [4.69, 9.17) is 9.47 Å². The smallest absolute Gasteiger partial charge is 0.408 e. The fourth-order valence-electron chi connectivity index (χ4n) is 1.23. The molecule has 1 amide bonds. The molecule has 0 fully saturated rings. The lowest BCUT2D eigenvalue weighted by Gasteiger charge is -2.21. The van der Waals surface area contributed by atoms with Gasteiger partial charge in [0.1, 0.15) is 5.60 Å². The van der Waals surface area contributed by atoms with Crippen LogP contribution >= 0.6 is 0 Å². The molecule has 2 atom stereocenters. The summed E-state index contributed by atoms with van der Waals surface area (Å²) in [7, 11) is 0. The van der Waals surface area contributed by atoms with Gasteiger partial charge in [-0.1, -0.05) is 12.2 Å². The van der Waals surface area contributed by atoms with Crippen molar-refractivity contribution in [2.75, 3.05) is 6.61 Å². The van der Waals surface area contributed by atoms with E-state index in [0.29, 0.717) is 6.61 Å². The Balaban J connectivity index is 4.20. The topological polar surface area (TPSA) is 64.6 Å². The molecule has 0 aromatic heterocycles. The lowest BCUT2D eigenvalue weighted by Crippen LogP contribution is -2.36. The maximum absolute atomic E-state index is 11.5. The third-order valence-electron chi connectivity index (χ3n) is 2.09. The zero-order valence-electron chi connectivity index (χ0n) is 12.6. The number of ether oxygens (including phenoxy) is 2. The van der Waals surface area contributed by atoms with Crippen molar-refractivity contribution in [2.24, 2.45) is 5.92 Å². The number of esters is 1. The first-order valence-corrected chi connectivity index (χ1v) is 6.50. The van der Waals surface area contributed by atoms with Gasteiger partial charge in [0.05, 0.1) is 12.5 Å². The summed E-state index contributed by atoms with van der Waals surface area (Å²) in [5, 5.41) is 2.66. The molecular weight excluding hydrogens is 246 g/mol. The van der Waals surface area contributed by atoms with Crippen molar-refractivity contribution >= 4 is 12.1 Å². The Bertz CT molecular complexity index is 331. The van der Waals surface area contributed by atoms with E-state index in [2.05, 4.69) is 5.32 Å². The van der Waals surface area contributed by atoms with E-state index in [-0.39, 0.29) is 17.9 Å². The Hall–Kier alpha value is -1.52. The highest BCUT2D eigenvalue weighted by Crippen LogP contribution is 2.07. The molecule has 0 heterocycles. The second-order valence-electron chi connectivity index (χ2n) is 5.36. The average Bonchev–Trinajstić information content (AvgIpc) is 2.23. The lowest BCUT2D eigenvalue weighted by atomic mass is 10.1. The number of rotatable bonds is 5. The van der Waals surface area contributed by atoms with Crippen molar-refractivity contribution in [3.63, 3.8) is 0 Å². The third-order valence-corrected chi connectivity index (χ3v) is 2.09. The van der Waals surface area contributed by atoms with Crippen LogP contribution in [0.25, 0.3) is 0 Å². The van der Waals surface area contributed by atoms with E-state index in [9.17, 15) is 9.59 Å². The molecule has 110 valence electrons. The van der Waals surface area contributed by atoms with Gasteiger partial charge in [0.2, 0.25) is 0 Å². The number of carbonyl (C=O) groups excluding carboxylic acids is 2. The van der Waals surface area contributed by atoms with Crippen LogP contribution < -0.4 is 5.32 Å². The summed E-state index contributed by atoms with van der Waals surface area (Å²) in [6.45, 7) is 11.1. The van der Waals surface area contributed by atoms with Crippen LogP contribution in [0.5, 0.6) is 0 Å². The SMILES string of the molecule is CCOC(=O)[C@H](C)/C=C/[C@@H](C)NC(=O)OC(C)(C)C. The maximum atomic E-state index is 11.5. The van der Waals surface area contributed by atoms with Crippen molar-refractivity contribution in [1.82, 2.24) is 5.32 Å². The molecule has 19 heavy (non-hydrogen) atoms. The first kappa shape index (κ1) is 17.5. The van der Waals surface area contributed by atoms with Gasteiger partial charge < -0.3 is 14.8 Å². The maximum Gasteiger partial charge on any atom is 0.408 e. The van der Waals surface area contributed by atoms with E-state index in [1.54, 1.807) is 53.7 Å². The van der Waals surface area contributed by atoms with Crippen LogP contribution in [0.15, 0.2) is 12.2 Å². The van der Waals surface area contributed by atoms with Crippen LogP contribution in [0.1, 0.15) is 41.5 Å². The zero-order valence-corrected chi connectivity index (χ0v) is 12.6. The van der Waals surface area contributed by atoms with E-state index in [1.807, 2.05) is 0 Å². The van der Waals surface area contributed by atoms with Gasteiger partial charge in [-0.2, -0.15) is 0 Å². The number of alkyl carbamates (subject to hydrolysis) is 1. The van der Waals surface area contributed by atoms with E-state index in [0.717, 1.165) is 0 Å². The number of carbonyl (C=O) groups is 2. The normalized spacial score (nSPS) is 14.8. The number of hydrogen-bond donors (Lipinski definition) is 1. The van der Waals surface area contributed by atoms with E-state index in [1.165, 1.54) is 0 Å². The minimum atomic E-state index is -0.522. The molecule has 0 radical (unpaired) electrons. The molecule has 0 aliphatic carbocycles. The Kier molecular flexibility index (Phi) is 7.19. The van der Waals surface area contributed by atoms with Crippen LogP contribution in [-0.2, 0) is 14.3 Å². The Morgan fingerprint density at radius 2 is 1.79 bits per heavy atom. The molecule has 1 N–H and O–H groups in total. The first-order valence-electron chi connectivity index (χ1n) is 6.50. The highest BCUT2D eigenvalue weighted by molar-refractivity contribution is 5.74. The second-order valence-corrected chi connectivity index (χ2v) is 5.36. The molecule has 0 saturated heterocycles. The minimum absolute atomic E-state index is 0.216. The van der Waals surface area contributed by atoms with Crippen molar-refractivity contribution in [2.45, 2.75) is 53.2 Å². The summed E-state index contributed by atoms with van der Waals surface area (Å²) in [5.41, 5.74) is -0.522. The standard InChI is InChI=1S/C14H25NO4/c1-7-18-12(16)10(2)8-9-11(3)15-13(17)19-14(4,5)6/h8-11H,7H2,1-6H3,(H,15,17)/b9-8+/t10-,11-/m1/s1. The van der Waals surface area contributed by atoms with Gasteiger partial charge in [0.25, 0.3) is 0 Å². The van der Waals surface area contributed by atoms with Crippen molar-refractivity contribution in [3.05, 3.63) is 12.2 Å². The highest BCUT2D eigenvalue weighted by Gasteiger charge is 2.17. The number of hydrogen-bond acceptors (Lipinski definition) is 4. The summed E-state index contributed by atoms with van der Waals surface area (Å²) in [6, 6.07) is -0.216. The van der Waals surface area contributed by atoms with Crippen molar-refractivity contribution < 1.29 is 19.1 Å². The van der Waals surface area contributed by atoms with Gasteiger partial charge in [0.15, 0.2) is 0 Å². The minimum Gasteiger partial charge on any atom is -0.466 e. The molecule has 0 bridgehead atoms. The summed E-state index contributed by atoms with van der Waals surface area (Å²) in [5.74, 6) is -0.606. The number of amides is 1. The van der Waals surface area contributed by atoms with Crippen molar-refractivity contribution in [3.8, 4) is 0 Å². The summed E-state index contributed by atoms with van der Waals surface area (Å²) in [6.07, 6.45) is 2.97. The Morgan fingerprint density at radius 3 is 2.26 bits per heavy atom. The fourth-order valence-corrected chi connectivity index (χ4v) is 1.23. The molecule has 0 saturated carbocycles. The molecule has 5 nitrogen and oxygen atoms in total. The quantitative estimate of drug-likeness (QED) is 0.616. The fraction of sp³-hybridized carbons (Fsp3) is 0.714. The van der Waals surface area contributed by atoms with Gasteiger partial charge in [-0.3, -0.25) is 4.79 Å². The summed E-state index contributed by atoms with van der Waals surface area (Å²) < 4.78 is 10.0. The van der Waals surface area contributed by atoms with Gasteiger partial charge in [-0.25, -0.2) is 4.79 Å². The summed E-state index contributed by atoms with van der Waals surface area (Å²) in [4.78, 5) is 22.9. The monoisotopic (exact) mass is 271 g/mol. The Morgan fingerprint density at radius 1 is 1.21 bits per heavy atom. The molecule has 0 rings (SSSR count). The zero-order chi connectivity index (χ0) is 15.1. The van der Waals surface area contributed by atoms with E-state index < -0.39 is 11.7 Å². The van der Waals surface area contributed by atoms with Crippen molar-refractivity contribution in [1.29, 1.82) is 0 Å². The van der Waals surface area contributed by atoms with Gasteiger partial charge in [-0.15, -0.1) is 0 Å². The average molecular weight is 271 g/mol. The van der Waals surface area contributed by atoms with Crippen LogP contribution in [0, 0.1) is 5.92 Å². The van der Waals surface area contributed by atoms with Gasteiger partial charge >= 0.3 is 12.1 Å². The van der Waals surface area contributed by atoms with Crippen LogP contribution in [0.2, 0.25) is 0 Å². The van der Waals surface area contributed by atoms with E-state index >= 15 is 0 Å². The predicted octanol–water partition coefficient (Wildman–Crippen LogP) is 2.66. The third kappa shape index (κ3) is 9.11. The molecule has 5 heteroatoms. The first-order chi connectivity index (χ1) is 8.65. The van der Waals surface area contributed by atoms with Gasteiger partial charge in [0, 0.05) is 6.04 Å². The molecule has 0 aliphatic rings. The predicted molar refractivity (Wildman–Crippen MR) is 73.8 cm³/mol. The molecule has 0 unspecified atom stereocenters. The lowest BCUT2D eigenvalue weighted by molar-refractivity contribution is -0.145. The molecular formula is C14H25NO4. The van der Waals surface area contributed by atoms with Gasteiger partial charge in [-0.05, 0) is 41.5 Å². The number of nitrogens with one attached hydrogen (secondary N) is 1. The second kappa shape index (κ2) is 7.81. The molecule has 0 spiro atoms. The van der Waals surface area contributed by atoms with Crippen LogP contribution in [0.4, 0.5) is 4.79 Å².